The number of likely N-dealkylation sites (tertiary alicyclic amines) is 1. The third-order valence-corrected chi connectivity index (χ3v) is 7.62. The van der Waals surface area contributed by atoms with Gasteiger partial charge in [0.05, 0.1) is 12.0 Å². The van der Waals surface area contributed by atoms with E-state index in [1.165, 1.54) is 11.8 Å². The summed E-state index contributed by atoms with van der Waals surface area (Å²) in [6.07, 6.45) is 9.14. The molecule has 0 unspecified atom stereocenters. The number of amides is 2. The fourth-order valence-electron chi connectivity index (χ4n) is 5.50. The van der Waals surface area contributed by atoms with Gasteiger partial charge in [-0.15, -0.1) is 0 Å². The normalized spacial score (nSPS) is 16.6. The summed E-state index contributed by atoms with van der Waals surface area (Å²) in [5.41, 5.74) is 4.55. The van der Waals surface area contributed by atoms with E-state index in [0.717, 1.165) is 57.3 Å². The van der Waals surface area contributed by atoms with Crippen molar-refractivity contribution in [3.63, 3.8) is 0 Å². The first-order valence-electron chi connectivity index (χ1n) is 13.4. The van der Waals surface area contributed by atoms with Gasteiger partial charge in [0, 0.05) is 44.1 Å². The van der Waals surface area contributed by atoms with Gasteiger partial charge in [0.1, 0.15) is 11.2 Å². The molecule has 38 heavy (non-hydrogen) atoms. The Morgan fingerprint density at radius 1 is 1.08 bits per heavy atom. The van der Waals surface area contributed by atoms with Crippen molar-refractivity contribution in [1.82, 2.24) is 24.9 Å². The molecule has 2 fully saturated rings. The Hall–Kier alpha value is -3.79. The number of hydroxylamine groups is 1. The van der Waals surface area contributed by atoms with Crippen LogP contribution in [0.2, 0.25) is 0 Å². The highest BCUT2D eigenvalue weighted by molar-refractivity contribution is 5.96. The number of aromatic nitrogens is 3. The van der Waals surface area contributed by atoms with Crippen molar-refractivity contribution < 1.29 is 14.4 Å². The molecule has 3 heterocycles. The molecular formula is C28H34N6O4. The summed E-state index contributed by atoms with van der Waals surface area (Å²) in [6.45, 7) is 5.27. The minimum Gasteiger partial charge on any atom is -0.343 e. The molecular weight excluding hydrogens is 484 g/mol. The number of hydrogen-bond donors (Lipinski definition) is 2. The van der Waals surface area contributed by atoms with Crippen molar-refractivity contribution >= 4 is 34.5 Å². The van der Waals surface area contributed by atoms with Crippen LogP contribution >= 0.6 is 0 Å². The minimum atomic E-state index is -0.570. The van der Waals surface area contributed by atoms with Gasteiger partial charge in [-0.1, -0.05) is 25.0 Å². The Bertz CT molecular complexity index is 1370. The van der Waals surface area contributed by atoms with Crippen LogP contribution in [-0.2, 0) is 9.63 Å². The SMILES string of the molecule is CCONC(=O)c1cn(C2CCCC2)c2nc(Nc3ccc(C4CCN(C(C)=O)CC4)cc3)ncc2c1=O. The first kappa shape index (κ1) is 25.8. The smallest absolute Gasteiger partial charge is 0.280 e. The number of piperidine rings is 1. The predicted octanol–water partition coefficient (Wildman–Crippen LogP) is 4.06. The Labute approximate surface area is 221 Å². The number of pyridine rings is 1. The van der Waals surface area contributed by atoms with E-state index in [9.17, 15) is 14.4 Å². The minimum absolute atomic E-state index is 0.0203. The van der Waals surface area contributed by atoms with Crippen LogP contribution in [0, 0.1) is 0 Å². The van der Waals surface area contributed by atoms with Crippen LogP contribution in [0.25, 0.3) is 11.0 Å². The molecule has 10 heteroatoms. The summed E-state index contributed by atoms with van der Waals surface area (Å²) in [4.78, 5) is 53.4. The molecule has 2 aliphatic rings. The number of anilines is 2. The molecule has 2 amide bonds. The predicted molar refractivity (Wildman–Crippen MR) is 144 cm³/mol. The zero-order chi connectivity index (χ0) is 26.6. The van der Waals surface area contributed by atoms with Gasteiger partial charge in [0.15, 0.2) is 0 Å². The van der Waals surface area contributed by atoms with Crippen LogP contribution in [0.5, 0.6) is 0 Å². The Balaban J connectivity index is 1.39. The number of carbonyl (C=O) groups is 2. The van der Waals surface area contributed by atoms with E-state index in [1.807, 2.05) is 21.6 Å². The molecule has 1 aliphatic heterocycles. The molecule has 0 atom stereocenters. The van der Waals surface area contributed by atoms with Crippen molar-refractivity contribution in [2.75, 3.05) is 25.0 Å². The van der Waals surface area contributed by atoms with E-state index in [1.54, 1.807) is 20.0 Å². The highest BCUT2D eigenvalue weighted by Gasteiger charge is 2.24. The quantitative estimate of drug-likeness (QED) is 0.453. The number of nitrogens with one attached hydrogen (secondary N) is 2. The Morgan fingerprint density at radius 2 is 1.79 bits per heavy atom. The van der Waals surface area contributed by atoms with Crippen LogP contribution in [0.15, 0.2) is 41.5 Å². The Morgan fingerprint density at radius 3 is 2.45 bits per heavy atom. The third-order valence-electron chi connectivity index (χ3n) is 7.62. The highest BCUT2D eigenvalue weighted by atomic mass is 16.6. The number of benzene rings is 1. The standard InChI is InChI=1S/C28H34N6O4/c1-3-38-32-27(37)24-17-34(22-6-4-5-7-22)26-23(25(24)36)16-29-28(31-26)30-21-10-8-19(9-11-21)20-12-14-33(15-13-20)18(2)35/h8-11,16-17,20,22H,3-7,12-15H2,1-2H3,(H,32,37)(H,29,30,31). The molecule has 0 radical (unpaired) electrons. The second-order valence-electron chi connectivity index (χ2n) is 10.0. The van der Waals surface area contributed by atoms with Gasteiger partial charge in [0.25, 0.3) is 5.91 Å². The lowest BCUT2D eigenvalue weighted by molar-refractivity contribution is -0.129. The topological polar surface area (TPSA) is 118 Å². The molecule has 1 saturated heterocycles. The Kier molecular flexibility index (Phi) is 7.69. The summed E-state index contributed by atoms with van der Waals surface area (Å²) in [6, 6.07) is 8.38. The van der Waals surface area contributed by atoms with E-state index in [0.29, 0.717) is 29.5 Å². The molecule has 2 aromatic heterocycles. The first-order chi connectivity index (χ1) is 18.4. The van der Waals surface area contributed by atoms with E-state index >= 15 is 0 Å². The molecule has 1 aliphatic carbocycles. The second-order valence-corrected chi connectivity index (χ2v) is 10.0. The maximum absolute atomic E-state index is 13.2. The van der Waals surface area contributed by atoms with Gasteiger partial charge in [0.2, 0.25) is 17.3 Å². The fraction of sp³-hybridized carbons (Fsp3) is 0.464. The van der Waals surface area contributed by atoms with E-state index in [2.05, 4.69) is 27.9 Å². The van der Waals surface area contributed by atoms with Gasteiger partial charge in [-0.3, -0.25) is 19.2 Å². The van der Waals surface area contributed by atoms with Crippen LogP contribution in [-0.4, -0.2) is 50.9 Å². The zero-order valence-corrected chi connectivity index (χ0v) is 21.9. The van der Waals surface area contributed by atoms with E-state index < -0.39 is 11.3 Å². The third kappa shape index (κ3) is 5.40. The molecule has 0 spiro atoms. The van der Waals surface area contributed by atoms with Crippen LogP contribution in [0.1, 0.15) is 80.3 Å². The fourth-order valence-corrected chi connectivity index (χ4v) is 5.50. The molecule has 2 N–H and O–H groups in total. The zero-order valence-electron chi connectivity index (χ0n) is 21.9. The maximum atomic E-state index is 13.2. The highest BCUT2D eigenvalue weighted by Crippen LogP contribution is 2.32. The molecule has 5 rings (SSSR count). The van der Waals surface area contributed by atoms with Crippen molar-refractivity contribution in [2.24, 2.45) is 0 Å². The number of carbonyl (C=O) groups excluding carboxylic acids is 2. The number of fused-ring (bicyclic) bond motifs is 1. The van der Waals surface area contributed by atoms with Gasteiger partial charge in [-0.2, -0.15) is 4.98 Å². The monoisotopic (exact) mass is 518 g/mol. The number of hydrogen-bond acceptors (Lipinski definition) is 7. The second kappa shape index (κ2) is 11.3. The molecule has 3 aromatic rings. The average molecular weight is 519 g/mol. The van der Waals surface area contributed by atoms with E-state index in [4.69, 9.17) is 9.82 Å². The number of rotatable bonds is 7. The summed E-state index contributed by atoms with van der Waals surface area (Å²) in [7, 11) is 0. The lowest BCUT2D eigenvalue weighted by Crippen LogP contribution is -2.36. The summed E-state index contributed by atoms with van der Waals surface area (Å²) in [5.74, 6) is 0.394. The van der Waals surface area contributed by atoms with Crippen LogP contribution in [0.4, 0.5) is 11.6 Å². The summed E-state index contributed by atoms with van der Waals surface area (Å²) >= 11 is 0. The van der Waals surface area contributed by atoms with Gasteiger partial charge in [-0.25, -0.2) is 10.5 Å². The van der Waals surface area contributed by atoms with Gasteiger partial charge < -0.3 is 14.8 Å². The lowest BCUT2D eigenvalue weighted by Gasteiger charge is -2.31. The number of nitrogens with zero attached hydrogens (tertiary/aromatic N) is 4. The molecule has 200 valence electrons. The van der Waals surface area contributed by atoms with Crippen molar-refractivity contribution in [1.29, 1.82) is 0 Å². The lowest BCUT2D eigenvalue weighted by atomic mass is 9.89. The van der Waals surface area contributed by atoms with E-state index in [-0.39, 0.29) is 17.5 Å². The van der Waals surface area contributed by atoms with Gasteiger partial charge in [-0.05, 0) is 56.2 Å². The van der Waals surface area contributed by atoms with Crippen molar-refractivity contribution in [2.45, 2.75) is 64.3 Å². The van der Waals surface area contributed by atoms with Gasteiger partial charge >= 0.3 is 0 Å². The maximum Gasteiger partial charge on any atom is 0.280 e. The van der Waals surface area contributed by atoms with Crippen molar-refractivity contribution in [3.05, 3.63) is 58.0 Å². The summed E-state index contributed by atoms with van der Waals surface area (Å²) < 4.78 is 1.95. The molecule has 1 saturated carbocycles. The van der Waals surface area contributed by atoms with Crippen LogP contribution < -0.4 is 16.2 Å². The molecule has 10 nitrogen and oxygen atoms in total. The first-order valence-corrected chi connectivity index (χ1v) is 13.4. The van der Waals surface area contributed by atoms with Crippen LogP contribution in [0.3, 0.4) is 0 Å². The largest absolute Gasteiger partial charge is 0.343 e. The molecule has 0 bridgehead atoms. The van der Waals surface area contributed by atoms with Crippen molar-refractivity contribution in [3.8, 4) is 0 Å². The summed E-state index contributed by atoms with van der Waals surface area (Å²) in [5, 5.41) is 3.57. The average Bonchev–Trinajstić information content (AvgIpc) is 3.47. The molecule has 1 aromatic carbocycles.